The van der Waals surface area contributed by atoms with Gasteiger partial charge in [-0.2, -0.15) is 0 Å². The van der Waals surface area contributed by atoms with E-state index < -0.39 is 0 Å². The number of nitrogens with two attached hydrogens (primary N) is 1. The Hall–Kier alpha value is -2.04. The van der Waals surface area contributed by atoms with E-state index in [9.17, 15) is 0 Å². The molecule has 2 aliphatic heterocycles. The first-order chi connectivity index (χ1) is 11.7. The monoisotopic (exact) mass is 325 g/mol. The molecule has 0 bridgehead atoms. The summed E-state index contributed by atoms with van der Waals surface area (Å²) in [5.74, 6) is 1.73. The molecule has 0 amide bonds. The minimum atomic E-state index is 0.287. The molecular formula is C20H23NO3. The van der Waals surface area contributed by atoms with Crippen LogP contribution in [0.5, 0.6) is 11.5 Å². The molecule has 2 N–H and O–H groups in total. The van der Waals surface area contributed by atoms with Gasteiger partial charge in [0.25, 0.3) is 0 Å². The highest BCUT2D eigenvalue weighted by Crippen LogP contribution is 2.36. The van der Waals surface area contributed by atoms with E-state index in [0.29, 0.717) is 6.10 Å². The Balaban J connectivity index is 1.64. The molecule has 0 spiro atoms. The van der Waals surface area contributed by atoms with Gasteiger partial charge in [0.15, 0.2) is 0 Å². The molecule has 4 rings (SSSR count). The quantitative estimate of drug-likeness (QED) is 0.625. The molecule has 2 heterocycles. The molecule has 2 atom stereocenters. The average molecular weight is 325 g/mol. The number of hydrogen-bond donors (Lipinski definition) is 1. The summed E-state index contributed by atoms with van der Waals surface area (Å²) in [6, 6.07) is 12.2. The summed E-state index contributed by atoms with van der Waals surface area (Å²) in [4.78, 5) is 0. The van der Waals surface area contributed by atoms with Crippen LogP contribution in [0.4, 0.5) is 5.69 Å². The smallest absolute Gasteiger partial charge is 0.131 e. The van der Waals surface area contributed by atoms with E-state index in [-0.39, 0.29) is 6.10 Å². The number of ether oxygens (including phenoxy) is 3. The SMILES string of the molecule is CCc1ccc(Oc2ccc(N)c(CC3CO3)c2CC2CO2)cc1. The average Bonchev–Trinajstić information content (AvgIpc) is 3.49. The van der Waals surface area contributed by atoms with Gasteiger partial charge >= 0.3 is 0 Å². The third kappa shape index (κ3) is 3.55. The molecule has 0 aliphatic carbocycles. The Morgan fingerprint density at radius 2 is 1.58 bits per heavy atom. The lowest BCUT2D eigenvalue weighted by Gasteiger charge is -2.17. The predicted octanol–water partition coefficient (Wildman–Crippen LogP) is 3.51. The van der Waals surface area contributed by atoms with Crippen LogP contribution in [0.3, 0.4) is 0 Å². The number of hydrogen-bond acceptors (Lipinski definition) is 4. The topological polar surface area (TPSA) is 60.3 Å². The number of benzene rings is 2. The fourth-order valence-electron chi connectivity index (χ4n) is 3.00. The van der Waals surface area contributed by atoms with Gasteiger partial charge in [-0.25, -0.2) is 0 Å². The predicted molar refractivity (Wildman–Crippen MR) is 93.6 cm³/mol. The van der Waals surface area contributed by atoms with Crippen molar-refractivity contribution in [1.82, 2.24) is 0 Å². The Morgan fingerprint density at radius 1 is 0.958 bits per heavy atom. The Kier molecular flexibility index (Phi) is 4.17. The first-order valence-corrected chi connectivity index (χ1v) is 8.63. The van der Waals surface area contributed by atoms with Crippen molar-refractivity contribution in [3.8, 4) is 11.5 Å². The lowest BCUT2D eigenvalue weighted by Crippen LogP contribution is -2.08. The van der Waals surface area contributed by atoms with E-state index in [1.54, 1.807) is 0 Å². The lowest BCUT2D eigenvalue weighted by atomic mass is 9.96. The fourth-order valence-corrected chi connectivity index (χ4v) is 3.00. The second-order valence-electron chi connectivity index (χ2n) is 6.53. The summed E-state index contributed by atoms with van der Waals surface area (Å²) in [6.45, 7) is 3.79. The Labute approximate surface area is 142 Å². The standard InChI is InChI=1S/C20H23NO3/c1-2-13-3-5-14(6-4-13)24-20-8-7-19(21)17(9-15-11-22-15)18(20)10-16-12-23-16/h3-8,15-16H,2,9-12,21H2,1H3. The second kappa shape index (κ2) is 6.46. The third-order valence-corrected chi connectivity index (χ3v) is 4.65. The van der Waals surface area contributed by atoms with Crippen molar-refractivity contribution in [3.63, 3.8) is 0 Å². The van der Waals surface area contributed by atoms with Crippen LogP contribution in [0.1, 0.15) is 23.6 Å². The summed E-state index contributed by atoms with van der Waals surface area (Å²) >= 11 is 0. The lowest BCUT2D eigenvalue weighted by molar-refractivity contribution is 0.397. The van der Waals surface area contributed by atoms with Gasteiger partial charge in [0.2, 0.25) is 0 Å². The van der Waals surface area contributed by atoms with Crippen molar-refractivity contribution in [3.05, 3.63) is 53.1 Å². The van der Waals surface area contributed by atoms with Crippen molar-refractivity contribution in [2.75, 3.05) is 18.9 Å². The van der Waals surface area contributed by atoms with E-state index in [2.05, 4.69) is 19.1 Å². The van der Waals surface area contributed by atoms with Crippen LogP contribution < -0.4 is 10.5 Å². The number of epoxide rings is 2. The summed E-state index contributed by atoms with van der Waals surface area (Å²) in [7, 11) is 0. The molecule has 24 heavy (non-hydrogen) atoms. The van der Waals surface area contributed by atoms with Crippen LogP contribution in [0.15, 0.2) is 36.4 Å². The van der Waals surface area contributed by atoms with Gasteiger partial charge in [0, 0.05) is 24.1 Å². The minimum Gasteiger partial charge on any atom is -0.457 e. The maximum atomic E-state index is 6.24. The molecule has 0 radical (unpaired) electrons. The molecule has 0 aromatic heterocycles. The van der Waals surface area contributed by atoms with Crippen molar-refractivity contribution in [2.45, 2.75) is 38.4 Å². The molecule has 4 nitrogen and oxygen atoms in total. The van der Waals surface area contributed by atoms with Gasteiger partial charge < -0.3 is 19.9 Å². The molecule has 0 saturated carbocycles. The van der Waals surface area contributed by atoms with Gasteiger partial charge in [-0.1, -0.05) is 19.1 Å². The zero-order valence-electron chi connectivity index (χ0n) is 14.0. The van der Waals surface area contributed by atoms with Crippen LogP contribution in [-0.4, -0.2) is 25.4 Å². The molecular weight excluding hydrogens is 302 g/mol. The summed E-state index contributed by atoms with van der Waals surface area (Å²) in [6.07, 6.45) is 3.30. The largest absolute Gasteiger partial charge is 0.457 e. The van der Waals surface area contributed by atoms with Gasteiger partial charge in [-0.05, 0) is 41.8 Å². The van der Waals surface area contributed by atoms with E-state index >= 15 is 0 Å². The van der Waals surface area contributed by atoms with Gasteiger partial charge in [-0.3, -0.25) is 0 Å². The van der Waals surface area contributed by atoms with Crippen molar-refractivity contribution in [2.24, 2.45) is 0 Å². The molecule has 4 heteroatoms. The van der Waals surface area contributed by atoms with Crippen LogP contribution in [-0.2, 0) is 28.7 Å². The molecule has 2 unspecified atom stereocenters. The molecule has 2 aromatic carbocycles. The second-order valence-corrected chi connectivity index (χ2v) is 6.53. The van der Waals surface area contributed by atoms with E-state index in [1.165, 1.54) is 5.56 Å². The van der Waals surface area contributed by atoms with Crippen molar-refractivity contribution in [1.29, 1.82) is 0 Å². The maximum Gasteiger partial charge on any atom is 0.131 e. The summed E-state index contributed by atoms with van der Waals surface area (Å²) in [5, 5.41) is 0. The summed E-state index contributed by atoms with van der Waals surface area (Å²) < 4.78 is 17.0. The van der Waals surface area contributed by atoms with Crippen LogP contribution in [0, 0.1) is 0 Å². The summed E-state index contributed by atoms with van der Waals surface area (Å²) in [5.41, 5.74) is 10.7. The molecule has 126 valence electrons. The highest BCUT2D eigenvalue weighted by Gasteiger charge is 2.30. The normalized spacial score (nSPS) is 21.5. The van der Waals surface area contributed by atoms with Crippen LogP contribution >= 0.6 is 0 Å². The fraction of sp³-hybridized carbons (Fsp3) is 0.400. The highest BCUT2D eigenvalue weighted by atomic mass is 16.6. The van der Waals surface area contributed by atoms with Crippen LogP contribution in [0.25, 0.3) is 0 Å². The van der Waals surface area contributed by atoms with E-state index in [4.69, 9.17) is 19.9 Å². The Morgan fingerprint density at radius 3 is 2.17 bits per heavy atom. The van der Waals surface area contributed by atoms with E-state index in [1.807, 2.05) is 24.3 Å². The number of aryl methyl sites for hydroxylation is 1. The number of anilines is 1. The number of nitrogen functional groups attached to an aromatic ring is 1. The van der Waals surface area contributed by atoms with Crippen LogP contribution in [0.2, 0.25) is 0 Å². The van der Waals surface area contributed by atoms with Gasteiger partial charge in [0.05, 0.1) is 25.4 Å². The first-order valence-electron chi connectivity index (χ1n) is 8.63. The number of rotatable bonds is 7. The Bertz CT molecular complexity index is 718. The third-order valence-electron chi connectivity index (χ3n) is 4.65. The molecule has 2 aromatic rings. The van der Waals surface area contributed by atoms with Gasteiger partial charge in [-0.15, -0.1) is 0 Å². The zero-order valence-corrected chi connectivity index (χ0v) is 14.0. The van der Waals surface area contributed by atoms with Crippen molar-refractivity contribution < 1.29 is 14.2 Å². The molecule has 2 aliphatic rings. The maximum absolute atomic E-state index is 6.24. The van der Waals surface area contributed by atoms with Crippen molar-refractivity contribution >= 4 is 5.69 Å². The molecule has 2 fully saturated rings. The first kappa shape index (κ1) is 15.5. The minimum absolute atomic E-state index is 0.287. The zero-order chi connectivity index (χ0) is 16.5. The van der Waals surface area contributed by atoms with E-state index in [0.717, 1.165) is 60.8 Å². The molecule has 2 saturated heterocycles. The highest BCUT2D eigenvalue weighted by molar-refractivity contribution is 5.58. The van der Waals surface area contributed by atoms with Gasteiger partial charge in [0.1, 0.15) is 11.5 Å².